The maximum absolute atomic E-state index is 12.4. The molecule has 0 aromatic carbocycles. The Balaban J connectivity index is 3.46. The van der Waals surface area contributed by atoms with Crippen LogP contribution >= 0.6 is 22.8 Å². The van der Waals surface area contributed by atoms with Gasteiger partial charge in [0.25, 0.3) is 0 Å². The average Bonchev–Trinajstić information content (AvgIpc) is 2.03. The van der Waals surface area contributed by atoms with Gasteiger partial charge in [-0.2, -0.15) is 8.78 Å². The molecule has 0 aromatic heterocycles. The van der Waals surface area contributed by atoms with E-state index in [1.165, 1.54) is 0 Å². The minimum Gasteiger partial charge on any atom is -0.477 e. The normalized spacial score (nSPS) is 12.5. The first-order chi connectivity index (χ1) is 6.00. The molecule has 2 nitrogen and oxygen atoms in total. The molecule has 0 aliphatic carbocycles. The van der Waals surface area contributed by atoms with Gasteiger partial charge >= 0.3 is 11.9 Å². The zero-order valence-corrected chi connectivity index (χ0v) is 9.61. The molecule has 1 N–H and O–H groups in total. The van der Waals surface area contributed by atoms with Crippen LogP contribution in [0.3, 0.4) is 0 Å². The van der Waals surface area contributed by atoms with Crippen molar-refractivity contribution >= 4 is 28.7 Å². The van der Waals surface area contributed by atoms with E-state index in [0.717, 1.165) is 12.6 Å². The third-order valence-electron chi connectivity index (χ3n) is 1.57. The van der Waals surface area contributed by atoms with Gasteiger partial charge in [0, 0.05) is 6.42 Å². The number of halogens is 3. The predicted molar refractivity (Wildman–Crippen MR) is 53.2 cm³/mol. The van der Waals surface area contributed by atoms with E-state index in [2.05, 4.69) is 15.5 Å². The number of rotatable bonds is 7. The van der Waals surface area contributed by atoms with E-state index in [1.54, 1.807) is 0 Å². The Bertz CT molecular complexity index is 167. The Labute approximate surface area is 85.6 Å². The number of carbonyl (C=O) groups is 1. The largest absolute Gasteiger partial charge is 0.477 e. The Morgan fingerprint density at radius 3 is 2.46 bits per heavy atom. The summed E-state index contributed by atoms with van der Waals surface area (Å²) in [5.74, 6) is -5.56. The van der Waals surface area contributed by atoms with E-state index in [-0.39, 0.29) is 6.42 Å². The van der Waals surface area contributed by atoms with E-state index in [9.17, 15) is 13.6 Å². The first kappa shape index (κ1) is 13.2. The van der Waals surface area contributed by atoms with E-state index < -0.39 is 18.3 Å². The molecule has 13 heavy (non-hydrogen) atoms. The smallest absolute Gasteiger partial charge is 0.374 e. The average molecular weight is 277 g/mol. The summed E-state index contributed by atoms with van der Waals surface area (Å²) in [6.07, 6.45) is 2.24. The fraction of sp³-hybridized carbons (Fsp3) is 0.857. The molecule has 0 saturated carbocycles. The molecular formula is C7H12BrF2O2P. The van der Waals surface area contributed by atoms with Crippen LogP contribution in [0.1, 0.15) is 25.7 Å². The second-order valence-corrected chi connectivity index (χ2v) is 5.15. The van der Waals surface area contributed by atoms with Crippen LogP contribution in [0.25, 0.3) is 0 Å². The monoisotopic (exact) mass is 276 g/mol. The SMILES string of the molecule is O=C(O)C(F)(F)CCCCCPBr. The molecule has 78 valence electrons. The van der Waals surface area contributed by atoms with Gasteiger partial charge < -0.3 is 5.11 Å². The highest BCUT2D eigenvalue weighted by molar-refractivity contribution is 9.36. The highest BCUT2D eigenvalue weighted by Crippen LogP contribution is 2.24. The van der Waals surface area contributed by atoms with Crippen molar-refractivity contribution in [1.29, 1.82) is 0 Å². The maximum atomic E-state index is 12.4. The zero-order valence-electron chi connectivity index (χ0n) is 7.02. The zero-order chi connectivity index (χ0) is 10.3. The molecule has 0 saturated heterocycles. The Morgan fingerprint density at radius 1 is 1.38 bits per heavy atom. The lowest BCUT2D eigenvalue weighted by Crippen LogP contribution is -2.27. The molecule has 0 aliphatic rings. The standard InChI is InChI=1S/C7H12BrF2O2P/c8-13-5-3-1-2-4-7(9,10)6(11)12/h13H,1-5H2,(H,11,12). The molecule has 0 aromatic rings. The summed E-state index contributed by atoms with van der Waals surface area (Å²) in [7, 11) is 0.660. The van der Waals surface area contributed by atoms with Gasteiger partial charge in [-0.3, -0.25) is 0 Å². The van der Waals surface area contributed by atoms with Gasteiger partial charge in [-0.1, -0.05) is 29.2 Å². The first-order valence-corrected chi connectivity index (χ1v) is 7.42. The predicted octanol–water partition coefficient (Wildman–Crippen LogP) is 3.26. The lowest BCUT2D eigenvalue weighted by Gasteiger charge is -2.09. The van der Waals surface area contributed by atoms with Crippen molar-refractivity contribution in [2.75, 3.05) is 6.16 Å². The second kappa shape index (κ2) is 6.66. The quantitative estimate of drug-likeness (QED) is 0.573. The van der Waals surface area contributed by atoms with Gasteiger partial charge in [-0.15, -0.1) is 0 Å². The van der Waals surface area contributed by atoms with E-state index >= 15 is 0 Å². The number of hydrogen-bond donors (Lipinski definition) is 1. The van der Waals surface area contributed by atoms with Crippen molar-refractivity contribution < 1.29 is 18.7 Å². The molecule has 1 atom stereocenters. The number of carboxylic acids is 1. The lowest BCUT2D eigenvalue weighted by molar-refractivity contribution is -0.165. The summed E-state index contributed by atoms with van der Waals surface area (Å²) in [4.78, 5) is 9.98. The summed E-state index contributed by atoms with van der Waals surface area (Å²) >= 11 is 3.25. The molecule has 0 aliphatic heterocycles. The molecule has 0 radical (unpaired) electrons. The topological polar surface area (TPSA) is 37.3 Å². The molecule has 6 heteroatoms. The third-order valence-corrected chi connectivity index (χ3v) is 3.31. The first-order valence-electron chi connectivity index (χ1n) is 3.95. The summed E-state index contributed by atoms with van der Waals surface area (Å²) in [6.45, 7) is 0. The number of aliphatic carboxylic acids is 1. The van der Waals surface area contributed by atoms with E-state index in [0.29, 0.717) is 13.7 Å². The van der Waals surface area contributed by atoms with Crippen LogP contribution in [0, 0.1) is 0 Å². The molecule has 0 amide bonds. The van der Waals surface area contributed by atoms with Crippen LogP contribution in [0.15, 0.2) is 0 Å². The summed E-state index contributed by atoms with van der Waals surface area (Å²) in [5.41, 5.74) is 0. The maximum Gasteiger partial charge on any atom is 0.374 e. The Kier molecular flexibility index (Phi) is 6.78. The number of unbranched alkanes of at least 4 members (excludes halogenated alkanes) is 2. The second-order valence-electron chi connectivity index (χ2n) is 2.70. The van der Waals surface area contributed by atoms with Crippen molar-refractivity contribution in [3.05, 3.63) is 0 Å². The van der Waals surface area contributed by atoms with Gasteiger partial charge in [0.1, 0.15) is 0 Å². The van der Waals surface area contributed by atoms with Crippen LogP contribution < -0.4 is 0 Å². The number of hydrogen-bond acceptors (Lipinski definition) is 1. The molecule has 0 spiro atoms. The highest BCUT2D eigenvalue weighted by atomic mass is 79.9. The van der Waals surface area contributed by atoms with E-state index in [1.807, 2.05) is 0 Å². The van der Waals surface area contributed by atoms with Gasteiger partial charge in [0.15, 0.2) is 0 Å². The molecule has 1 unspecified atom stereocenters. The fourth-order valence-corrected chi connectivity index (χ4v) is 2.05. The van der Waals surface area contributed by atoms with Gasteiger partial charge in [0.05, 0.1) is 0 Å². The van der Waals surface area contributed by atoms with Crippen LogP contribution in [0.5, 0.6) is 0 Å². The minimum atomic E-state index is -3.54. The lowest BCUT2D eigenvalue weighted by atomic mass is 10.1. The van der Waals surface area contributed by atoms with Gasteiger partial charge in [-0.25, -0.2) is 4.79 Å². The molecular weight excluding hydrogens is 265 g/mol. The number of alkyl halides is 2. The van der Waals surface area contributed by atoms with E-state index in [4.69, 9.17) is 5.11 Å². The molecule has 0 rings (SSSR count). The van der Waals surface area contributed by atoms with Crippen molar-refractivity contribution in [1.82, 2.24) is 0 Å². The molecule has 0 fully saturated rings. The Hall–Kier alpha value is 0.240. The minimum absolute atomic E-state index is 0.275. The van der Waals surface area contributed by atoms with Crippen LogP contribution in [0.4, 0.5) is 8.78 Å². The van der Waals surface area contributed by atoms with Crippen LogP contribution in [-0.4, -0.2) is 23.2 Å². The third kappa shape index (κ3) is 6.33. The van der Waals surface area contributed by atoms with Crippen molar-refractivity contribution in [2.24, 2.45) is 0 Å². The van der Waals surface area contributed by atoms with Gasteiger partial charge in [0.2, 0.25) is 0 Å². The number of carboxylic acid groups (broad SMARTS) is 1. The van der Waals surface area contributed by atoms with Crippen LogP contribution in [-0.2, 0) is 4.79 Å². The molecule has 0 heterocycles. The van der Waals surface area contributed by atoms with Gasteiger partial charge in [-0.05, 0) is 19.0 Å². The Morgan fingerprint density at radius 2 is 2.00 bits per heavy atom. The van der Waals surface area contributed by atoms with Crippen molar-refractivity contribution in [2.45, 2.75) is 31.6 Å². The highest BCUT2D eigenvalue weighted by Gasteiger charge is 2.37. The van der Waals surface area contributed by atoms with Crippen molar-refractivity contribution in [3.8, 4) is 0 Å². The summed E-state index contributed by atoms with van der Waals surface area (Å²) in [5, 5.41) is 8.09. The molecule has 0 bridgehead atoms. The fourth-order valence-electron chi connectivity index (χ4n) is 0.823. The van der Waals surface area contributed by atoms with Crippen LogP contribution in [0.2, 0.25) is 0 Å². The summed E-state index contributed by atoms with van der Waals surface area (Å²) < 4.78 is 24.9. The van der Waals surface area contributed by atoms with Crippen molar-refractivity contribution in [3.63, 3.8) is 0 Å². The summed E-state index contributed by atoms with van der Waals surface area (Å²) in [6, 6.07) is 0.